The average Bonchev–Trinajstić information content (AvgIpc) is 3.30. The van der Waals surface area contributed by atoms with Gasteiger partial charge in [0.15, 0.2) is 0 Å². The molecule has 0 aliphatic carbocycles. The molecule has 6 nitrogen and oxygen atoms in total. The molecule has 0 saturated heterocycles. The highest BCUT2D eigenvalue weighted by Gasteiger charge is 2.32. The minimum absolute atomic E-state index is 0.199. The van der Waals surface area contributed by atoms with Crippen LogP contribution in [0.1, 0.15) is 11.3 Å². The smallest absolute Gasteiger partial charge is 0.443 e. The first kappa shape index (κ1) is 21.2. The van der Waals surface area contributed by atoms with E-state index in [1.807, 2.05) is 19.1 Å². The Morgan fingerprint density at radius 1 is 1.10 bits per heavy atom. The molecule has 11 heteroatoms. The van der Waals surface area contributed by atoms with E-state index in [-0.39, 0.29) is 10.9 Å². The molecule has 4 rings (SSSR count). The number of hydrogen-bond acceptors (Lipinski definition) is 5. The largest absolute Gasteiger partial charge is 0.573 e. The Morgan fingerprint density at radius 3 is 2.61 bits per heavy atom. The standard InChI is InChI=1S/C20H13Cl2F3N4O2/c1-11-6-15(28-29(11)9-12-4-5-26-18(22)7-12)19-27-16(10-30-19)13-2-3-17(14(21)8-13)31-20(23,24)25/h2-8,10H,9H2,1H3. The van der Waals surface area contributed by atoms with E-state index in [0.29, 0.717) is 28.6 Å². The summed E-state index contributed by atoms with van der Waals surface area (Å²) in [7, 11) is 0. The molecule has 3 aromatic heterocycles. The molecule has 4 aromatic rings. The summed E-state index contributed by atoms with van der Waals surface area (Å²) in [6, 6.07) is 9.25. The Labute approximate surface area is 184 Å². The van der Waals surface area contributed by atoms with Crippen LogP contribution < -0.4 is 4.74 Å². The lowest BCUT2D eigenvalue weighted by molar-refractivity contribution is -0.274. The second-order valence-corrected chi connectivity index (χ2v) is 7.34. The molecule has 3 heterocycles. The topological polar surface area (TPSA) is 66.0 Å². The molecule has 0 aliphatic rings. The summed E-state index contributed by atoms with van der Waals surface area (Å²) in [6.45, 7) is 2.38. The summed E-state index contributed by atoms with van der Waals surface area (Å²) < 4.78 is 48.4. The van der Waals surface area contributed by atoms with Gasteiger partial charge in [0, 0.05) is 17.5 Å². The first-order valence-corrected chi connectivity index (χ1v) is 9.60. The number of alkyl halides is 3. The van der Waals surface area contributed by atoms with Crippen molar-refractivity contribution in [3.63, 3.8) is 0 Å². The Bertz CT molecular complexity index is 1240. The summed E-state index contributed by atoms with van der Waals surface area (Å²) in [4.78, 5) is 8.33. The number of halogens is 5. The van der Waals surface area contributed by atoms with Gasteiger partial charge in [-0.3, -0.25) is 4.68 Å². The molecule has 0 fully saturated rings. The molecule has 0 bridgehead atoms. The molecular weight excluding hydrogens is 456 g/mol. The molecule has 0 atom stereocenters. The quantitative estimate of drug-likeness (QED) is 0.328. The Balaban J connectivity index is 1.56. The van der Waals surface area contributed by atoms with Crippen LogP contribution in [-0.4, -0.2) is 26.1 Å². The van der Waals surface area contributed by atoms with Crippen molar-refractivity contribution in [2.45, 2.75) is 19.8 Å². The SMILES string of the molecule is Cc1cc(-c2nc(-c3ccc(OC(F)(F)F)c(Cl)c3)co2)nn1Cc1ccnc(Cl)c1. The fourth-order valence-electron chi connectivity index (χ4n) is 2.88. The average molecular weight is 469 g/mol. The Kier molecular flexibility index (Phi) is 5.63. The van der Waals surface area contributed by atoms with Crippen LogP contribution >= 0.6 is 23.2 Å². The van der Waals surface area contributed by atoms with Crippen LogP contribution in [0.2, 0.25) is 10.2 Å². The molecule has 0 saturated carbocycles. The summed E-state index contributed by atoms with van der Waals surface area (Å²) in [5, 5.41) is 4.70. The van der Waals surface area contributed by atoms with Crippen molar-refractivity contribution in [2.75, 3.05) is 0 Å². The highest BCUT2D eigenvalue weighted by molar-refractivity contribution is 6.32. The highest BCUT2D eigenvalue weighted by Crippen LogP contribution is 2.34. The number of benzene rings is 1. The summed E-state index contributed by atoms with van der Waals surface area (Å²) in [6.07, 6.45) is -1.83. The van der Waals surface area contributed by atoms with E-state index in [2.05, 4.69) is 19.8 Å². The monoisotopic (exact) mass is 468 g/mol. The van der Waals surface area contributed by atoms with Crippen LogP contribution in [0.4, 0.5) is 13.2 Å². The minimum atomic E-state index is -4.83. The lowest BCUT2D eigenvalue weighted by Crippen LogP contribution is -2.17. The maximum absolute atomic E-state index is 12.4. The van der Waals surface area contributed by atoms with Gasteiger partial charge in [0.2, 0.25) is 5.89 Å². The van der Waals surface area contributed by atoms with Gasteiger partial charge in [0.25, 0.3) is 0 Å². The second kappa shape index (κ2) is 8.24. The molecule has 0 unspecified atom stereocenters. The summed E-state index contributed by atoms with van der Waals surface area (Å²) >= 11 is 11.8. The first-order chi connectivity index (χ1) is 14.7. The van der Waals surface area contributed by atoms with Gasteiger partial charge < -0.3 is 9.15 Å². The summed E-state index contributed by atoms with van der Waals surface area (Å²) in [5.41, 5.74) is 3.17. The van der Waals surface area contributed by atoms with Crippen molar-refractivity contribution in [1.29, 1.82) is 0 Å². The normalized spacial score (nSPS) is 11.7. The Hall–Kier alpha value is -3.04. The van der Waals surface area contributed by atoms with Crippen molar-refractivity contribution in [3.05, 3.63) is 70.3 Å². The van der Waals surface area contributed by atoms with Gasteiger partial charge in [-0.25, -0.2) is 9.97 Å². The minimum Gasteiger partial charge on any atom is -0.443 e. The zero-order chi connectivity index (χ0) is 22.2. The van der Waals surface area contributed by atoms with Crippen molar-refractivity contribution < 1.29 is 22.3 Å². The maximum Gasteiger partial charge on any atom is 0.573 e. The number of oxazole rings is 1. The van der Waals surface area contributed by atoms with Crippen LogP contribution in [0.15, 0.2) is 53.3 Å². The number of aromatic nitrogens is 4. The van der Waals surface area contributed by atoms with E-state index in [1.54, 1.807) is 16.9 Å². The van der Waals surface area contributed by atoms with Crippen molar-refractivity contribution in [2.24, 2.45) is 0 Å². The Morgan fingerprint density at radius 2 is 1.90 bits per heavy atom. The van der Waals surface area contributed by atoms with E-state index < -0.39 is 12.1 Å². The molecular formula is C20H13Cl2F3N4O2. The van der Waals surface area contributed by atoms with Crippen molar-refractivity contribution >= 4 is 23.2 Å². The van der Waals surface area contributed by atoms with Gasteiger partial charge in [-0.15, -0.1) is 13.2 Å². The molecule has 0 N–H and O–H groups in total. The molecule has 0 aliphatic heterocycles. The van der Waals surface area contributed by atoms with Crippen LogP contribution in [0, 0.1) is 6.92 Å². The van der Waals surface area contributed by atoms with Gasteiger partial charge in [0.1, 0.15) is 28.6 Å². The van der Waals surface area contributed by atoms with Gasteiger partial charge in [0.05, 0.1) is 11.6 Å². The van der Waals surface area contributed by atoms with Crippen LogP contribution in [0.3, 0.4) is 0 Å². The molecule has 1 aromatic carbocycles. The molecule has 0 spiro atoms. The van der Waals surface area contributed by atoms with Gasteiger partial charge in [-0.1, -0.05) is 23.2 Å². The number of pyridine rings is 1. The third-order valence-electron chi connectivity index (χ3n) is 4.28. The zero-order valence-electron chi connectivity index (χ0n) is 15.8. The third-order valence-corrected chi connectivity index (χ3v) is 4.78. The van der Waals surface area contributed by atoms with E-state index in [9.17, 15) is 13.2 Å². The van der Waals surface area contributed by atoms with E-state index in [0.717, 1.165) is 17.3 Å². The molecule has 160 valence electrons. The number of rotatable bonds is 5. The predicted molar refractivity (Wildman–Crippen MR) is 108 cm³/mol. The van der Waals surface area contributed by atoms with Gasteiger partial charge >= 0.3 is 6.36 Å². The van der Waals surface area contributed by atoms with Gasteiger partial charge in [-0.05, 0) is 48.9 Å². The molecule has 0 radical (unpaired) electrons. The van der Waals surface area contributed by atoms with Crippen LogP contribution in [0.25, 0.3) is 22.8 Å². The zero-order valence-corrected chi connectivity index (χ0v) is 17.3. The lowest BCUT2D eigenvalue weighted by Gasteiger charge is -2.10. The fourth-order valence-corrected chi connectivity index (χ4v) is 3.30. The maximum atomic E-state index is 12.4. The lowest BCUT2D eigenvalue weighted by atomic mass is 10.1. The second-order valence-electron chi connectivity index (χ2n) is 6.55. The number of ether oxygens (including phenoxy) is 1. The van der Waals surface area contributed by atoms with E-state index >= 15 is 0 Å². The number of hydrogen-bond donors (Lipinski definition) is 0. The van der Waals surface area contributed by atoms with Crippen molar-refractivity contribution in [1.82, 2.24) is 19.7 Å². The third kappa shape index (κ3) is 5.00. The predicted octanol–water partition coefficient (Wildman–Crippen LogP) is 6.16. The number of aryl methyl sites for hydroxylation is 1. The fraction of sp³-hybridized carbons (Fsp3) is 0.150. The molecule has 31 heavy (non-hydrogen) atoms. The first-order valence-electron chi connectivity index (χ1n) is 8.84. The van der Waals surface area contributed by atoms with Crippen molar-refractivity contribution in [3.8, 4) is 28.6 Å². The molecule has 0 amide bonds. The highest BCUT2D eigenvalue weighted by atomic mass is 35.5. The number of nitrogens with zero attached hydrogens (tertiary/aromatic N) is 4. The van der Waals surface area contributed by atoms with Crippen LogP contribution in [0.5, 0.6) is 5.75 Å². The van der Waals surface area contributed by atoms with Crippen LogP contribution in [-0.2, 0) is 6.54 Å². The van der Waals surface area contributed by atoms with E-state index in [1.165, 1.54) is 18.4 Å². The van der Waals surface area contributed by atoms with E-state index in [4.69, 9.17) is 27.6 Å². The summed E-state index contributed by atoms with van der Waals surface area (Å²) in [5.74, 6) is -0.233. The van der Waals surface area contributed by atoms with Gasteiger partial charge in [-0.2, -0.15) is 5.10 Å².